The zero-order valence-corrected chi connectivity index (χ0v) is 20.2. The first-order valence-electron chi connectivity index (χ1n) is 13.1. The van der Waals surface area contributed by atoms with Crippen molar-refractivity contribution in [3.63, 3.8) is 0 Å². The molecule has 2 aromatic carbocycles. The molecule has 3 heteroatoms. The molecular weight excluding hydrogens is 426 g/mol. The van der Waals surface area contributed by atoms with Gasteiger partial charge >= 0.3 is 0 Å². The summed E-state index contributed by atoms with van der Waals surface area (Å²) in [5.74, 6) is 2.07. The van der Waals surface area contributed by atoms with Gasteiger partial charge in [0.2, 0.25) is 0 Å². The lowest BCUT2D eigenvalue weighted by molar-refractivity contribution is 0.296. The molecule has 3 aliphatic carbocycles. The Morgan fingerprint density at radius 3 is 2.77 bits per heavy atom. The Balaban J connectivity index is 1.24. The van der Waals surface area contributed by atoms with Crippen LogP contribution in [-0.2, 0) is 6.54 Å². The number of piperidine rings is 1. The molecule has 1 aromatic heterocycles. The summed E-state index contributed by atoms with van der Waals surface area (Å²) < 4.78 is 2.34. The second-order valence-corrected chi connectivity index (χ2v) is 10.2. The van der Waals surface area contributed by atoms with Gasteiger partial charge in [0.25, 0.3) is 0 Å². The van der Waals surface area contributed by atoms with E-state index in [1.807, 2.05) is 0 Å². The maximum Gasteiger partial charge on any atom is 0.140 e. The molecule has 0 amide bonds. The average Bonchev–Trinajstić information content (AvgIpc) is 3.31. The summed E-state index contributed by atoms with van der Waals surface area (Å²) in [7, 11) is 0. The molecule has 1 N–H and O–H groups in total. The fourth-order valence-corrected chi connectivity index (χ4v) is 6.71. The third-order valence-corrected chi connectivity index (χ3v) is 8.33. The van der Waals surface area contributed by atoms with E-state index in [4.69, 9.17) is 4.98 Å². The summed E-state index contributed by atoms with van der Waals surface area (Å²) in [6, 6.07) is 18.3. The van der Waals surface area contributed by atoms with Gasteiger partial charge in [-0.3, -0.25) is 0 Å². The summed E-state index contributed by atoms with van der Waals surface area (Å²) >= 11 is 0. The Hall–Kier alpha value is -3.43. The maximum absolute atomic E-state index is 4.99. The van der Waals surface area contributed by atoms with Crippen molar-refractivity contribution in [1.82, 2.24) is 14.9 Å². The molecule has 1 fully saturated rings. The lowest BCUT2D eigenvalue weighted by atomic mass is 9.68. The number of imidazole rings is 1. The number of aromatic nitrogens is 2. The summed E-state index contributed by atoms with van der Waals surface area (Å²) in [6.45, 7) is 3.13. The molecule has 1 saturated heterocycles. The Kier molecular flexibility index (Phi) is 4.99. The van der Waals surface area contributed by atoms with Gasteiger partial charge in [-0.15, -0.1) is 0 Å². The number of allylic oxidation sites excluding steroid dienone is 5. The van der Waals surface area contributed by atoms with Crippen LogP contribution in [0.25, 0.3) is 28.3 Å². The van der Waals surface area contributed by atoms with Crippen molar-refractivity contribution >= 4 is 28.3 Å². The van der Waals surface area contributed by atoms with Crippen molar-refractivity contribution in [3.8, 4) is 0 Å². The molecule has 0 spiro atoms. The van der Waals surface area contributed by atoms with Gasteiger partial charge in [0, 0.05) is 30.1 Å². The van der Waals surface area contributed by atoms with E-state index >= 15 is 0 Å². The Morgan fingerprint density at radius 2 is 1.89 bits per heavy atom. The molecule has 1 aliphatic heterocycles. The van der Waals surface area contributed by atoms with E-state index in [0.717, 1.165) is 37.1 Å². The first-order valence-corrected chi connectivity index (χ1v) is 13.1. The van der Waals surface area contributed by atoms with E-state index in [-0.39, 0.29) is 0 Å². The number of hydrogen-bond donors (Lipinski definition) is 1. The van der Waals surface area contributed by atoms with E-state index < -0.39 is 0 Å². The van der Waals surface area contributed by atoms with Crippen LogP contribution in [0.1, 0.15) is 32.0 Å². The highest BCUT2D eigenvalue weighted by molar-refractivity contribution is 5.82. The molecule has 3 aromatic rings. The van der Waals surface area contributed by atoms with Crippen LogP contribution in [0.15, 0.2) is 90.6 Å². The second-order valence-electron chi connectivity index (χ2n) is 10.2. The molecule has 3 nitrogen and oxygen atoms in total. The number of nitrogens with one attached hydrogen (secondary N) is 1. The maximum atomic E-state index is 4.99. The van der Waals surface area contributed by atoms with Crippen LogP contribution in [0.5, 0.6) is 0 Å². The monoisotopic (exact) mass is 457 g/mol. The molecule has 4 aliphatic rings. The molecule has 174 valence electrons. The van der Waals surface area contributed by atoms with Gasteiger partial charge in [-0.05, 0) is 65.8 Å². The van der Waals surface area contributed by atoms with Crippen molar-refractivity contribution < 1.29 is 0 Å². The van der Waals surface area contributed by atoms with Crippen LogP contribution in [0.2, 0.25) is 0 Å². The van der Waals surface area contributed by atoms with Gasteiger partial charge in [-0.2, -0.15) is 0 Å². The molecular formula is C32H31N3. The molecule has 4 atom stereocenters. The fraction of sp³-hybridized carbons (Fsp3) is 0.281. The number of para-hydroxylation sites is 2. The van der Waals surface area contributed by atoms with E-state index in [2.05, 4.69) is 108 Å². The van der Waals surface area contributed by atoms with Crippen LogP contribution in [-0.4, -0.2) is 21.6 Å². The minimum Gasteiger partial charge on any atom is -0.324 e. The predicted octanol–water partition coefficient (Wildman–Crippen LogP) is 4.89. The molecule has 7 rings (SSSR count). The van der Waals surface area contributed by atoms with Crippen LogP contribution >= 0.6 is 0 Å². The molecule has 4 unspecified atom stereocenters. The SMILES string of the molecule is CCn1c(C2=CCC(C3NC4CC=CC=C4C4=c5ccccc5=CCC43)C=C2)nc2ccccc21. The predicted molar refractivity (Wildman–Crippen MR) is 145 cm³/mol. The summed E-state index contributed by atoms with van der Waals surface area (Å²) in [5, 5.41) is 6.93. The molecule has 0 bridgehead atoms. The van der Waals surface area contributed by atoms with Crippen LogP contribution in [0.4, 0.5) is 0 Å². The van der Waals surface area contributed by atoms with Crippen molar-refractivity contribution in [3.05, 3.63) is 107 Å². The quantitative estimate of drug-likeness (QED) is 0.607. The third-order valence-electron chi connectivity index (χ3n) is 8.33. The highest BCUT2D eigenvalue weighted by Gasteiger charge is 2.40. The number of nitrogens with zero attached hydrogens (tertiary/aromatic N) is 2. The van der Waals surface area contributed by atoms with Gasteiger partial charge < -0.3 is 9.88 Å². The zero-order valence-electron chi connectivity index (χ0n) is 20.2. The Bertz CT molecular complexity index is 1560. The van der Waals surface area contributed by atoms with Crippen LogP contribution < -0.4 is 15.8 Å². The van der Waals surface area contributed by atoms with Crippen molar-refractivity contribution in [2.24, 2.45) is 11.8 Å². The fourth-order valence-electron chi connectivity index (χ4n) is 6.71. The minimum absolute atomic E-state index is 0.408. The van der Waals surface area contributed by atoms with E-state index in [1.54, 1.807) is 5.57 Å². The minimum atomic E-state index is 0.408. The van der Waals surface area contributed by atoms with Gasteiger partial charge in [-0.25, -0.2) is 4.98 Å². The normalized spacial score (nSPS) is 26.9. The first kappa shape index (κ1) is 20.9. The topological polar surface area (TPSA) is 29.9 Å². The number of hydrogen-bond acceptors (Lipinski definition) is 2. The summed E-state index contributed by atoms with van der Waals surface area (Å²) in [6.07, 6.45) is 19.8. The summed E-state index contributed by atoms with van der Waals surface area (Å²) in [5.41, 5.74) is 6.63. The van der Waals surface area contributed by atoms with Gasteiger partial charge in [0.15, 0.2) is 0 Å². The second kappa shape index (κ2) is 8.35. The van der Waals surface area contributed by atoms with Crippen LogP contribution in [0.3, 0.4) is 0 Å². The zero-order chi connectivity index (χ0) is 23.4. The molecule has 0 radical (unpaired) electrons. The van der Waals surface area contributed by atoms with Crippen LogP contribution in [0, 0.1) is 11.8 Å². The summed E-state index contributed by atoms with van der Waals surface area (Å²) in [4.78, 5) is 4.99. The van der Waals surface area contributed by atoms with E-state index in [1.165, 1.54) is 27.1 Å². The molecule has 35 heavy (non-hydrogen) atoms. The van der Waals surface area contributed by atoms with Crippen molar-refractivity contribution in [2.75, 3.05) is 0 Å². The number of fused-ring (bicyclic) bond motifs is 5. The highest BCUT2D eigenvalue weighted by atomic mass is 15.1. The average molecular weight is 458 g/mol. The number of rotatable bonds is 3. The largest absolute Gasteiger partial charge is 0.324 e. The molecule has 0 saturated carbocycles. The molecule has 2 heterocycles. The Morgan fingerprint density at radius 1 is 1.00 bits per heavy atom. The number of aryl methyl sites for hydroxylation is 1. The first-order chi connectivity index (χ1) is 17.3. The van der Waals surface area contributed by atoms with E-state index in [9.17, 15) is 0 Å². The third kappa shape index (κ3) is 3.33. The van der Waals surface area contributed by atoms with E-state index in [0.29, 0.717) is 23.9 Å². The standard InChI is InChI=1S/C32H31N3/c1-2-35-29-14-8-7-13-28(29)34-32(35)23-17-15-22(16-18-23)31-26-20-19-21-9-3-4-10-24(21)30(26)25-11-5-6-12-27(25)33-31/h3-11,13-15,17-19,22,26-27,31,33H,2,12,16,20H2,1H3. The lowest BCUT2D eigenvalue weighted by Gasteiger charge is -2.46. The lowest BCUT2D eigenvalue weighted by Crippen LogP contribution is -2.55. The van der Waals surface area contributed by atoms with Crippen molar-refractivity contribution in [1.29, 1.82) is 0 Å². The van der Waals surface area contributed by atoms with Gasteiger partial charge in [-0.1, -0.05) is 78.9 Å². The highest BCUT2D eigenvalue weighted by Crippen LogP contribution is 2.41. The van der Waals surface area contributed by atoms with Gasteiger partial charge in [0.1, 0.15) is 5.82 Å². The van der Waals surface area contributed by atoms with Gasteiger partial charge in [0.05, 0.1) is 11.0 Å². The smallest absolute Gasteiger partial charge is 0.140 e. The number of benzene rings is 2. The van der Waals surface area contributed by atoms with Crippen molar-refractivity contribution in [2.45, 2.75) is 44.8 Å². The Labute approximate surface area is 206 Å².